The molecule has 1 aromatic carbocycles. The average Bonchev–Trinajstić information content (AvgIpc) is 2.94. The lowest BCUT2D eigenvalue weighted by Crippen LogP contribution is -2.18. The van der Waals surface area contributed by atoms with E-state index >= 15 is 0 Å². The van der Waals surface area contributed by atoms with Crippen molar-refractivity contribution in [3.63, 3.8) is 0 Å². The molecule has 0 N–H and O–H groups in total. The van der Waals surface area contributed by atoms with Crippen LogP contribution in [0.1, 0.15) is 26.1 Å². The summed E-state index contributed by atoms with van der Waals surface area (Å²) in [6.45, 7) is 6.06. The zero-order chi connectivity index (χ0) is 16.4. The minimum absolute atomic E-state index is 0.239. The highest BCUT2D eigenvalue weighted by Crippen LogP contribution is 2.27. The first kappa shape index (κ1) is 15.7. The van der Waals surface area contributed by atoms with Gasteiger partial charge in [-0.2, -0.15) is 4.52 Å². The van der Waals surface area contributed by atoms with Crippen molar-refractivity contribution < 1.29 is 9.53 Å². The Balaban J connectivity index is 2.00. The molecule has 1 atom stereocenters. The fourth-order valence-electron chi connectivity index (χ4n) is 2.24. The van der Waals surface area contributed by atoms with Crippen LogP contribution in [0.2, 0.25) is 0 Å². The first-order valence-corrected chi connectivity index (χ1v) is 8.43. The maximum atomic E-state index is 12.0. The van der Waals surface area contributed by atoms with Crippen LogP contribution in [0, 0.1) is 6.92 Å². The van der Waals surface area contributed by atoms with E-state index in [-0.39, 0.29) is 11.2 Å². The summed E-state index contributed by atoms with van der Waals surface area (Å²) in [4.78, 5) is 21.1. The molecule has 23 heavy (non-hydrogen) atoms. The van der Waals surface area contributed by atoms with Gasteiger partial charge in [0, 0.05) is 5.39 Å². The van der Waals surface area contributed by atoms with Gasteiger partial charge in [0.25, 0.3) is 0 Å². The molecule has 7 heteroatoms. The SMILES string of the molecule is CCCOC(=O)C(C)Sc1nc2ccccc2c2nc(C)nn12. The maximum Gasteiger partial charge on any atom is 0.319 e. The van der Waals surface area contributed by atoms with Gasteiger partial charge in [0.1, 0.15) is 11.1 Å². The van der Waals surface area contributed by atoms with E-state index in [9.17, 15) is 4.79 Å². The lowest BCUT2D eigenvalue weighted by Gasteiger charge is -2.11. The number of ether oxygens (including phenoxy) is 1. The van der Waals surface area contributed by atoms with Crippen molar-refractivity contribution >= 4 is 34.3 Å². The highest BCUT2D eigenvalue weighted by atomic mass is 32.2. The van der Waals surface area contributed by atoms with Crippen LogP contribution >= 0.6 is 11.8 Å². The molecule has 0 aliphatic rings. The summed E-state index contributed by atoms with van der Waals surface area (Å²) in [7, 11) is 0. The Bertz CT molecular complexity index is 862. The monoisotopic (exact) mass is 330 g/mol. The fourth-order valence-corrected chi connectivity index (χ4v) is 3.09. The van der Waals surface area contributed by atoms with Crippen LogP contribution in [-0.4, -0.2) is 37.4 Å². The van der Waals surface area contributed by atoms with E-state index in [2.05, 4.69) is 15.1 Å². The molecule has 0 spiro atoms. The van der Waals surface area contributed by atoms with Crippen LogP contribution in [0.3, 0.4) is 0 Å². The first-order chi connectivity index (χ1) is 11.1. The highest BCUT2D eigenvalue weighted by Gasteiger charge is 2.20. The molecule has 1 unspecified atom stereocenters. The quantitative estimate of drug-likeness (QED) is 0.407. The predicted molar refractivity (Wildman–Crippen MR) is 89.6 cm³/mol. The predicted octanol–water partition coefficient (Wildman–Crippen LogP) is 3.02. The number of aryl methyl sites for hydroxylation is 1. The van der Waals surface area contributed by atoms with Gasteiger partial charge in [-0.1, -0.05) is 30.8 Å². The van der Waals surface area contributed by atoms with Crippen LogP contribution in [0.4, 0.5) is 0 Å². The number of para-hydroxylation sites is 1. The van der Waals surface area contributed by atoms with Gasteiger partial charge in [0.2, 0.25) is 0 Å². The van der Waals surface area contributed by atoms with Crippen LogP contribution < -0.4 is 0 Å². The largest absolute Gasteiger partial charge is 0.465 e. The van der Waals surface area contributed by atoms with Crippen molar-refractivity contribution in [3.8, 4) is 0 Å². The van der Waals surface area contributed by atoms with Crippen molar-refractivity contribution in [2.24, 2.45) is 0 Å². The Morgan fingerprint density at radius 1 is 1.35 bits per heavy atom. The smallest absolute Gasteiger partial charge is 0.319 e. The van der Waals surface area contributed by atoms with E-state index in [1.165, 1.54) is 11.8 Å². The van der Waals surface area contributed by atoms with E-state index in [0.717, 1.165) is 23.0 Å². The van der Waals surface area contributed by atoms with Gasteiger partial charge in [-0.15, -0.1) is 5.10 Å². The van der Waals surface area contributed by atoms with Gasteiger partial charge in [-0.25, -0.2) is 9.97 Å². The summed E-state index contributed by atoms with van der Waals surface area (Å²) in [6, 6.07) is 7.79. The molecule has 0 radical (unpaired) electrons. The summed E-state index contributed by atoms with van der Waals surface area (Å²) in [5, 5.41) is 5.63. The fraction of sp³-hybridized carbons (Fsp3) is 0.375. The van der Waals surface area contributed by atoms with Crippen molar-refractivity contribution in [2.45, 2.75) is 37.6 Å². The van der Waals surface area contributed by atoms with E-state index < -0.39 is 0 Å². The number of carbonyl (C=O) groups is 1. The number of rotatable bonds is 5. The Morgan fingerprint density at radius 3 is 2.91 bits per heavy atom. The number of carbonyl (C=O) groups excluding carboxylic acids is 1. The Kier molecular flexibility index (Phi) is 4.47. The highest BCUT2D eigenvalue weighted by molar-refractivity contribution is 8.00. The molecule has 3 rings (SSSR count). The van der Waals surface area contributed by atoms with Crippen molar-refractivity contribution in [2.75, 3.05) is 6.61 Å². The van der Waals surface area contributed by atoms with Gasteiger partial charge < -0.3 is 4.74 Å². The number of hydrogen-bond donors (Lipinski definition) is 0. The topological polar surface area (TPSA) is 69.4 Å². The molecule has 6 nitrogen and oxygen atoms in total. The van der Waals surface area contributed by atoms with Crippen molar-refractivity contribution in [1.82, 2.24) is 19.6 Å². The first-order valence-electron chi connectivity index (χ1n) is 7.55. The van der Waals surface area contributed by atoms with Gasteiger partial charge in [-0.05, 0) is 32.4 Å². The van der Waals surface area contributed by atoms with Crippen LogP contribution in [-0.2, 0) is 9.53 Å². The van der Waals surface area contributed by atoms with Gasteiger partial charge in [-0.3, -0.25) is 4.79 Å². The molecule has 0 aliphatic heterocycles. The molecule has 2 aromatic heterocycles. The second kappa shape index (κ2) is 6.54. The lowest BCUT2D eigenvalue weighted by atomic mass is 10.2. The van der Waals surface area contributed by atoms with Gasteiger partial charge >= 0.3 is 5.97 Å². The number of thioether (sulfide) groups is 1. The third-order valence-electron chi connectivity index (χ3n) is 3.32. The van der Waals surface area contributed by atoms with Gasteiger partial charge in [0.05, 0.1) is 12.1 Å². The standard InChI is InChI=1S/C16H18N4O2S/c1-4-9-22-15(21)10(2)23-16-18-13-8-6-5-7-12(13)14-17-11(3)19-20(14)16/h5-8,10H,4,9H2,1-3H3. The molecule has 0 fully saturated rings. The molecule has 120 valence electrons. The molecule has 2 heterocycles. The van der Waals surface area contributed by atoms with E-state index in [0.29, 0.717) is 17.6 Å². The van der Waals surface area contributed by atoms with Crippen molar-refractivity contribution in [1.29, 1.82) is 0 Å². The Hall–Kier alpha value is -2.15. The Morgan fingerprint density at radius 2 is 2.13 bits per heavy atom. The van der Waals surface area contributed by atoms with E-state index in [4.69, 9.17) is 4.74 Å². The zero-order valence-corrected chi connectivity index (χ0v) is 14.1. The summed E-state index contributed by atoms with van der Waals surface area (Å²) < 4.78 is 6.90. The molecule has 0 bridgehead atoms. The normalized spacial score (nSPS) is 12.7. The minimum Gasteiger partial charge on any atom is -0.465 e. The van der Waals surface area contributed by atoms with E-state index in [1.54, 1.807) is 4.52 Å². The molecule has 0 amide bonds. The second-order valence-corrected chi connectivity index (χ2v) is 6.54. The lowest BCUT2D eigenvalue weighted by molar-refractivity contribution is -0.142. The Labute approximate surface area is 138 Å². The second-order valence-electron chi connectivity index (χ2n) is 5.23. The molecule has 0 saturated heterocycles. The third kappa shape index (κ3) is 3.14. The van der Waals surface area contributed by atoms with Crippen LogP contribution in [0.25, 0.3) is 16.6 Å². The molecular weight excluding hydrogens is 312 g/mol. The number of benzene rings is 1. The van der Waals surface area contributed by atoms with E-state index in [1.807, 2.05) is 45.0 Å². The zero-order valence-electron chi connectivity index (χ0n) is 13.3. The number of fused-ring (bicyclic) bond motifs is 3. The van der Waals surface area contributed by atoms with Crippen LogP contribution in [0.5, 0.6) is 0 Å². The molecule has 3 aromatic rings. The third-order valence-corrected chi connectivity index (χ3v) is 4.34. The summed E-state index contributed by atoms with van der Waals surface area (Å²) in [6.07, 6.45) is 0.809. The van der Waals surface area contributed by atoms with Crippen LogP contribution in [0.15, 0.2) is 29.4 Å². The summed E-state index contributed by atoms with van der Waals surface area (Å²) in [5.74, 6) is 0.433. The molecule has 0 saturated carbocycles. The number of nitrogens with zero attached hydrogens (tertiary/aromatic N) is 4. The summed E-state index contributed by atoms with van der Waals surface area (Å²) >= 11 is 1.33. The maximum absolute atomic E-state index is 12.0. The molecular formula is C16H18N4O2S. The number of aromatic nitrogens is 4. The number of esters is 1. The van der Waals surface area contributed by atoms with Gasteiger partial charge in [0.15, 0.2) is 10.8 Å². The molecule has 0 aliphatic carbocycles. The average molecular weight is 330 g/mol. The van der Waals surface area contributed by atoms with Crippen molar-refractivity contribution in [3.05, 3.63) is 30.1 Å². The summed E-state index contributed by atoms with van der Waals surface area (Å²) in [5.41, 5.74) is 1.59. The minimum atomic E-state index is -0.358. The number of hydrogen-bond acceptors (Lipinski definition) is 6.